The van der Waals surface area contributed by atoms with Crippen LogP contribution in [0, 0.1) is 20.4 Å². The van der Waals surface area contributed by atoms with E-state index in [1.165, 1.54) is 39.1 Å². The molecule has 2 nitrogen and oxygen atoms in total. The highest BCUT2D eigenvalue weighted by Gasteiger charge is 2.28. The molecule has 0 amide bonds. The van der Waals surface area contributed by atoms with Crippen molar-refractivity contribution < 1.29 is 4.57 Å². The Morgan fingerprint density at radius 3 is 2.33 bits per heavy atom. The van der Waals surface area contributed by atoms with Crippen LogP contribution < -0.4 is 4.57 Å². The van der Waals surface area contributed by atoms with Gasteiger partial charge in [-0.2, -0.15) is 0 Å². The Morgan fingerprint density at radius 1 is 0.917 bits per heavy atom. The van der Waals surface area contributed by atoms with E-state index < -0.39 is 0 Å². The highest BCUT2D eigenvalue weighted by Crippen LogP contribution is 2.46. The maximum Gasteiger partial charge on any atom is 0.212 e. The highest BCUT2D eigenvalue weighted by atomic mass is 14.9. The van der Waals surface area contributed by atoms with Gasteiger partial charge in [0.05, 0.1) is 12.1 Å². The van der Waals surface area contributed by atoms with Crippen LogP contribution in [0.1, 0.15) is 22.3 Å². The predicted molar refractivity (Wildman–Crippen MR) is 97.0 cm³/mol. The first-order chi connectivity index (χ1) is 11.6. The van der Waals surface area contributed by atoms with Gasteiger partial charge in [0.1, 0.15) is 7.05 Å². The average Bonchev–Trinajstić information content (AvgIpc) is 2.94. The molecule has 0 atom stereocenters. The summed E-state index contributed by atoms with van der Waals surface area (Å²) in [5, 5.41) is 0. The first-order valence-corrected chi connectivity index (χ1v) is 8.19. The van der Waals surface area contributed by atoms with Crippen molar-refractivity contribution in [1.82, 2.24) is 0 Å². The van der Waals surface area contributed by atoms with Crippen LogP contribution >= 0.6 is 0 Å². The highest BCUT2D eigenvalue weighted by molar-refractivity contribution is 5.88. The van der Waals surface area contributed by atoms with Crippen LogP contribution in [0.2, 0.25) is 0 Å². The molecule has 4 rings (SSSR count). The van der Waals surface area contributed by atoms with E-state index >= 15 is 0 Å². The monoisotopic (exact) mass is 311 g/mol. The zero-order valence-electron chi connectivity index (χ0n) is 14.2. The van der Waals surface area contributed by atoms with E-state index in [0.717, 1.165) is 17.7 Å². The van der Waals surface area contributed by atoms with Gasteiger partial charge in [-0.05, 0) is 59.7 Å². The van der Waals surface area contributed by atoms with Gasteiger partial charge >= 0.3 is 0 Å². The van der Waals surface area contributed by atoms with Crippen molar-refractivity contribution in [2.45, 2.75) is 20.3 Å². The molecule has 24 heavy (non-hydrogen) atoms. The summed E-state index contributed by atoms with van der Waals surface area (Å²) in [4.78, 5) is 3.81. The summed E-state index contributed by atoms with van der Waals surface area (Å²) in [7, 11) is 2.09. The predicted octanol–water partition coefficient (Wildman–Crippen LogP) is 4.92. The maximum atomic E-state index is 7.58. The summed E-state index contributed by atoms with van der Waals surface area (Å²) in [5.41, 5.74) is 10.7. The lowest BCUT2D eigenvalue weighted by Gasteiger charge is -2.10. The molecule has 0 unspecified atom stereocenters. The smallest absolute Gasteiger partial charge is 0.212 e. The molecule has 0 saturated heterocycles. The second kappa shape index (κ2) is 5.32. The van der Waals surface area contributed by atoms with Gasteiger partial charge < -0.3 is 0 Å². The topological polar surface area (TPSA) is 8.24 Å². The molecular formula is C22H19N2+. The molecule has 2 heteroatoms. The van der Waals surface area contributed by atoms with Gasteiger partial charge in [0.2, 0.25) is 5.69 Å². The number of aromatic nitrogens is 1. The Morgan fingerprint density at radius 2 is 1.62 bits per heavy atom. The van der Waals surface area contributed by atoms with E-state index in [0.29, 0.717) is 0 Å². The first kappa shape index (κ1) is 14.7. The number of nitrogens with zero attached hydrogens (tertiary/aromatic N) is 2. The van der Waals surface area contributed by atoms with E-state index in [4.69, 9.17) is 6.57 Å². The van der Waals surface area contributed by atoms with Gasteiger partial charge in [0.25, 0.3) is 0 Å². The van der Waals surface area contributed by atoms with E-state index in [9.17, 15) is 0 Å². The standard InChI is InChI=1S/C22H19N2/c1-14-8-10-16-17-11-9-15(2)22(23-3)19(17)13-18(16)21(14)20-7-5-6-12-24(20)4/h5-12H,13H2,1-2,4H3/q+1. The van der Waals surface area contributed by atoms with Crippen LogP contribution in [0.4, 0.5) is 5.69 Å². The van der Waals surface area contributed by atoms with Crippen molar-refractivity contribution in [3.8, 4) is 22.4 Å². The Bertz CT molecular complexity index is 1020. The Balaban J connectivity index is 2.02. The van der Waals surface area contributed by atoms with E-state index in [2.05, 4.69) is 72.0 Å². The van der Waals surface area contributed by atoms with Gasteiger partial charge in [-0.1, -0.05) is 24.3 Å². The molecule has 0 bridgehead atoms. The Kier molecular flexibility index (Phi) is 3.25. The van der Waals surface area contributed by atoms with Gasteiger partial charge in [-0.3, -0.25) is 0 Å². The van der Waals surface area contributed by atoms with Gasteiger partial charge in [0, 0.05) is 12.1 Å². The molecule has 1 aromatic heterocycles. The van der Waals surface area contributed by atoms with Crippen molar-refractivity contribution in [1.29, 1.82) is 0 Å². The van der Waals surface area contributed by atoms with E-state index in [1.54, 1.807) is 0 Å². The van der Waals surface area contributed by atoms with Crippen LogP contribution in [0.3, 0.4) is 0 Å². The molecule has 0 fully saturated rings. The number of hydrogen-bond donors (Lipinski definition) is 0. The molecule has 1 aliphatic rings. The SMILES string of the molecule is [C-]#[N+]c1c(C)ccc2c1Cc1c-2ccc(C)c1-c1cccc[n+]1C. The molecule has 0 saturated carbocycles. The molecule has 116 valence electrons. The summed E-state index contributed by atoms with van der Waals surface area (Å²) < 4.78 is 2.17. The molecule has 1 aliphatic carbocycles. The zero-order valence-corrected chi connectivity index (χ0v) is 14.2. The maximum absolute atomic E-state index is 7.58. The third-order valence-corrected chi connectivity index (χ3v) is 5.07. The van der Waals surface area contributed by atoms with Crippen LogP contribution in [-0.4, -0.2) is 0 Å². The minimum Gasteiger partial charge on any atom is -0.238 e. The zero-order chi connectivity index (χ0) is 16.8. The number of pyridine rings is 1. The van der Waals surface area contributed by atoms with E-state index in [-0.39, 0.29) is 0 Å². The second-order valence-electron chi connectivity index (χ2n) is 6.53. The molecule has 3 aromatic rings. The van der Waals surface area contributed by atoms with Crippen molar-refractivity contribution in [2.24, 2.45) is 7.05 Å². The summed E-state index contributed by atoms with van der Waals surface area (Å²) in [6.45, 7) is 11.8. The van der Waals surface area contributed by atoms with Gasteiger partial charge in [-0.15, -0.1) is 0 Å². The number of fused-ring (bicyclic) bond motifs is 3. The summed E-state index contributed by atoms with van der Waals surface area (Å²) in [6.07, 6.45) is 2.93. The van der Waals surface area contributed by atoms with Gasteiger partial charge in [-0.25, -0.2) is 9.41 Å². The molecule has 1 heterocycles. The molecule has 2 aromatic carbocycles. The van der Waals surface area contributed by atoms with Crippen molar-refractivity contribution >= 4 is 5.69 Å². The number of rotatable bonds is 1. The minimum atomic E-state index is 0.824. The molecule has 0 N–H and O–H groups in total. The van der Waals surface area contributed by atoms with Crippen molar-refractivity contribution in [3.63, 3.8) is 0 Å². The molecule has 0 aliphatic heterocycles. The van der Waals surface area contributed by atoms with Crippen LogP contribution in [0.25, 0.3) is 27.2 Å². The fraction of sp³-hybridized carbons (Fsp3) is 0.182. The van der Waals surface area contributed by atoms with Crippen molar-refractivity contribution in [3.05, 3.63) is 82.3 Å². The normalized spacial score (nSPS) is 11.8. The lowest BCUT2D eigenvalue weighted by molar-refractivity contribution is -0.660. The summed E-state index contributed by atoms with van der Waals surface area (Å²) in [5.74, 6) is 0. The van der Waals surface area contributed by atoms with Gasteiger partial charge in [0.15, 0.2) is 11.9 Å². The van der Waals surface area contributed by atoms with Crippen LogP contribution in [-0.2, 0) is 13.5 Å². The Hall–Kier alpha value is -2.92. The number of benzene rings is 2. The lowest BCUT2D eigenvalue weighted by atomic mass is 9.94. The minimum absolute atomic E-state index is 0.824. The first-order valence-electron chi connectivity index (χ1n) is 8.19. The number of hydrogen-bond acceptors (Lipinski definition) is 0. The summed E-state index contributed by atoms with van der Waals surface area (Å²) in [6, 6.07) is 15.0. The third-order valence-electron chi connectivity index (χ3n) is 5.07. The number of aryl methyl sites for hydroxylation is 3. The lowest BCUT2D eigenvalue weighted by Crippen LogP contribution is -2.30. The largest absolute Gasteiger partial charge is 0.238 e. The fourth-order valence-corrected chi connectivity index (χ4v) is 3.86. The van der Waals surface area contributed by atoms with Crippen LogP contribution in [0.15, 0.2) is 48.7 Å². The third kappa shape index (κ3) is 1.98. The van der Waals surface area contributed by atoms with Crippen molar-refractivity contribution in [2.75, 3.05) is 0 Å². The average molecular weight is 311 g/mol. The quantitative estimate of drug-likeness (QED) is 0.348. The van der Waals surface area contributed by atoms with E-state index in [1.807, 2.05) is 6.92 Å². The summed E-state index contributed by atoms with van der Waals surface area (Å²) >= 11 is 0. The second-order valence-corrected chi connectivity index (χ2v) is 6.53. The molecule has 0 radical (unpaired) electrons. The fourth-order valence-electron chi connectivity index (χ4n) is 3.86. The Labute approximate surface area is 142 Å². The molecule has 0 spiro atoms. The molecular weight excluding hydrogens is 292 g/mol. The van der Waals surface area contributed by atoms with Crippen LogP contribution in [0.5, 0.6) is 0 Å².